The number of aromatic nitrogens is 1. The maximum Gasteiger partial charge on any atom is 0.239 e. The molecule has 3 heterocycles. The SMILES string of the molecule is Cc1[nH]c2ccccc2c1C1CCN(C(=O)C2CCCN2)CC1.Cl. The third-order valence-corrected chi connectivity index (χ3v) is 5.52. The van der Waals surface area contributed by atoms with Crippen LogP contribution in [0.4, 0.5) is 0 Å². The zero-order valence-corrected chi connectivity index (χ0v) is 15.0. The number of halogens is 1. The second-order valence-corrected chi connectivity index (χ2v) is 6.96. The lowest BCUT2D eigenvalue weighted by molar-refractivity contribution is -0.134. The minimum atomic E-state index is 0. The Bertz CT molecular complexity index is 712. The topological polar surface area (TPSA) is 48.1 Å². The number of H-pyrrole nitrogens is 1. The van der Waals surface area contributed by atoms with E-state index in [-0.39, 0.29) is 18.4 Å². The Balaban J connectivity index is 0.00000169. The third kappa shape index (κ3) is 3.05. The summed E-state index contributed by atoms with van der Waals surface area (Å²) in [4.78, 5) is 18.1. The van der Waals surface area contributed by atoms with Crippen LogP contribution in [-0.2, 0) is 4.79 Å². The number of aryl methyl sites for hydroxylation is 1. The Morgan fingerprint density at radius 2 is 1.92 bits per heavy atom. The van der Waals surface area contributed by atoms with E-state index in [1.165, 1.54) is 22.2 Å². The number of nitrogens with zero attached hydrogens (tertiary/aromatic N) is 1. The number of fused-ring (bicyclic) bond motifs is 1. The van der Waals surface area contributed by atoms with Gasteiger partial charge in [-0.2, -0.15) is 0 Å². The first kappa shape index (κ1) is 17.3. The van der Waals surface area contributed by atoms with Gasteiger partial charge in [0.25, 0.3) is 0 Å². The smallest absolute Gasteiger partial charge is 0.239 e. The van der Waals surface area contributed by atoms with Crippen LogP contribution in [0.3, 0.4) is 0 Å². The minimum Gasteiger partial charge on any atom is -0.358 e. The van der Waals surface area contributed by atoms with Crippen molar-refractivity contribution in [1.29, 1.82) is 0 Å². The monoisotopic (exact) mass is 347 g/mol. The number of amides is 1. The second kappa shape index (κ2) is 7.16. The Kier molecular flexibility index (Phi) is 5.16. The van der Waals surface area contributed by atoms with Gasteiger partial charge in [0.1, 0.15) is 0 Å². The van der Waals surface area contributed by atoms with Crippen LogP contribution in [0.15, 0.2) is 24.3 Å². The molecule has 130 valence electrons. The molecule has 2 fully saturated rings. The molecule has 4 nitrogen and oxygen atoms in total. The number of aromatic amines is 1. The quantitative estimate of drug-likeness (QED) is 0.875. The van der Waals surface area contributed by atoms with Crippen molar-refractivity contribution in [3.05, 3.63) is 35.5 Å². The molecule has 0 saturated carbocycles. The number of carbonyl (C=O) groups excluding carboxylic acids is 1. The first-order valence-corrected chi connectivity index (χ1v) is 8.83. The van der Waals surface area contributed by atoms with Gasteiger partial charge in [0, 0.05) is 29.7 Å². The Morgan fingerprint density at radius 1 is 1.17 bits per heavy atom. The summed E-state index contributed by atoms with van der Waals surface area (Å²) in [5.74, 6) is 0.878. The molecule has 2 aromatic rings. The van der Waals surface area contributed by atoms with Crippen LogP contribution in [0.1, 0.15) is 42.9 Å². The van der Waals surface area contributed by atoms with E-state index >= 15 is 0 Å². The van der Waals surface area contributed by atoms with E-state index in [2.05, 4.69) is 46.4 Å². The molecule has 1 aromatic carbocycles. The molecular weight excluding hydrogens is 322 g/mol. The number of nitrogens with one attached hydrogen (secondary N) is 2. The maximum absolute atomic E-state index is 12.5. The highest BCUT2D eigenvalue weighted by Crippen LogP contribution is 2.35. The molecule has 0 aliphatic carbocycles. The average molecular weight is 348 g/mol. The van der Waals surface area contributed by atoms with E-state index in [0.29, 0.717) is 11.8 Å². The van der Waals surface area contributed by atoms with Crippen molar-refractivity contribution in [2.24, 2.45) is 0 Å². The van der Waals surface area contributed by atoms with Crippen LogP contribution < -0.4 is 5.32 Å². The number of para-hydroxylation sites is 1. The van der Waals surface area contributed by atoms with E-state index in [0.717, 1.165) is 45.3 Å². The number of carbonyl (C=O) groups is 1. The van der Waals surface area contributed by atoms with Crippen molar-refractivity contribution in [2.45, 2.75) is 44.6 Å². The van der Waals surface area contributed by atoms with Crippen molar-refractivity contribution in [2.75, 3.05) is 19.6 Å². The summed E-state index contributed by atoms with van der Waals surface area (Å²) >= 11 is 0. The van der Waals surface area contributed by atoms with Crippen molar-refractivity contribution in [1.82, 2.24) is 15.2 Å². The summed E-state index contributed by atoms with van der Waals surface area (Å²) in [6.07, 6.45) is 4.27. The van der Waals surface area contributed by atoms with Gasteiger partial charge in [-0.05, 0) is 56.7 Å². The molecule has 5 heteroatoms. The highest BCUT2D eigenvalue weighted by Gasteiger charge is 2.31. The molecule has 1 unspecified atom stereocenters. The van der Waals surface area contributed by atoms with Crippen LogP contribution in [0, 0.1) is 6.92 Å². The summed E-state index contributed by atoms with van der Waals surface area (Å²) < 4.78 is 0. The third-order valence-electron chi connectivity index (χ3n) is 5.52. The lowest BCUT2D eigenvalue weighted by atomic mass is 9.87. The highest BCUT2D eigenvalue weighted by atomic mass is 35.5. The van der Waals surface area contributed by atoms with Crippen LogP contribution in [0.25, 0.3) is 10.9 Å². The number of hydrogen-bond acceptors (Lipinski definition) is 2. The predicted octanol–water partition coefficient (Wildman–Crippen LogP) is 3.36. The van der Waals surface area contributed by atoms with Gasteiger partial charge in [-0.15, -0.1) is 12.4 Å². The van der Waals surface area contributed by atoms with Gasteiger partial charge in [0.05, 0.1) is 6.04 Å². The molecule has 0 bridgehead atoms. The molecule has 2 saturated heterocycles. The van der Waals surface area contributed by atoms with Crippen LogP contribution >= 0.6 is 12.4 Å². The standard InChI is InChI=1S/C19H25N3O.ClH/c1-13-18(15-5-2-3-6-16(15)21-13)14-8-11-22(12-9-14)19(23)17-7-4-10-20-17;/h2-3,5-6,14,17,20-21H,4,7-12H2,1H3;1H. The number of rotatable bonds is 2. The zero-order valence-electron chi connectivity index (χ0n) is 14.2. The molecule has 0 radical (unpaired) electrons. The van der Waals surface area contributed by atoms with E-state index in [9.17, 15) is 4.79 Å². The minimum absolute atomic E-state index is 0. The number of benzene rings is 1. The fraction of sp³-hybridized carbons (Fsp3) is 0.526. The molecular formula is C19H26ClN3O. The van der Waals surface area contributed by atoms with Gasteiger partial charge in [-0.1, -0.05) is 18.2 Å². The fourth-order valence-electron chi connectivity index (χ4n) is 4.33. The first-order chi connectivity index (χ1) is 11.2. The molecule has 0 spiro atoms. The molecule has 1 aromatic heterocycles. The van der Waals surface area contributed by atoms with Gasteiger partial charge in [-0.25, -0.2) is 0 Å². The number of piperidine rings is 1. The lowest BCUT2D eigenvalue weighted by Gasteiger charge is -2.34. The van der Waals surface area contributed by atoms with Crippen LogP contribution in [0.2, 0.25) is 0 Å². The van der Waals surface area contributed by atoms with Crippen LogP contribution in [0.5, 0.6) is 0 Å². The number of likely N-dealkylation sites (tertiary alicyclic amines) is 1. The average Bonchev–Trinajstić information content (AvgIpc) is 3.21. The van der Waals surface area contributed by atoms with Crippen molar-refractivity contribution in [3.63, 3.8) is 0 Å². The molecule has 2 aliphatic heterocycles. The summed E-state index contributed by atoms with van der Waals surface area (Å²) in [6.45, 7) is 4.94. The van der Waals surface area contributed by atoms with E-state index < -0.39 is 0 Å². The van der Waals surface area contributed by atoms with Crippen molar-refractivity contribution < 1.29 is 4.79 Å². The summed E-state index contributed by atoms with van der Waals surface area (Å²) in [5, 5.41) is 4.68. The largest absolute Gasteiger partial charge is 0.358 e. The van der Waals surface area contributed by atoms with E-state index in [1.54, 1.807) is 0 Å². The molecule has 2 aliphatic rings. The normalized spacial score (nSPS) is 21.9. The van der Waals surface area contributed by atoms with Gasteiger partial charge in [-0.3, -0.25) is 4.79 Å². The first-order valence-electron chi connectivity index (χ1n) is 8.83. The fourth-order valence-corrected chi connectivity index (χ4v) is 4.33. The number of hydrogen-bond donors (Lipinski definition) is 2. The summed E-state index contributed by atoms with van der Waals surface area (Å²) in [6, 6.07) is 8.63. The van der Waals surface area contributed by atoms with Gasteiger partial charge in [0.2, 0.25) is 5.91 Å². The van der Waals surface area contributed by atoms with Gasteiger partial charge >= 0.3 is 0 Å². The lowest BCUT2D eigenvalue weighted by Crippen LogP contribution is -2.46. The van der Waals surface area contributed by atoms with Crippen LogP contribution in [-0.4, -0.2) is 41.5 Å². The predicted molar refractivity (Wildman–Crippen MR) is 99.9 cm³/mol. The molecule has 1 atom stereocenters. The van der Waals surface area contributed by atoms with Crippen molar-refractivity contribution >= 4 is 29.2 Å². The summed E-state index contributed by atoms with van der Waals surface area (Å²) in [7, 11) is 0. The Hall–Kier alpha value is -1.52. The molecule has 4 rings (SSSR count). The molecule has 2 N–H and O–H groups in total. The van der Waals surface area contributed by atoms with E-state index in [1.807, 2.05) is 0 Å². The molecule has 1 amide bonds. The van der Waals surface area contributed by atoms with Gasteiger partial charge in [0.15, 0.2) is 0 Å². The zero-order chi connectivity index (χ0) is 15.8. The summed E-state index contributed by atoms with van der Waals surface area (Å²) in [5.41, 5.74) is 3.98. The van der Waals surface area contributed by atoms with E-state index in [4.69, 9.17) is 0 Å². The molecule has 24 heavy (non-hydrogen) atoms. The van der Waals surface area contributed by atoms with Gasteiger partial charge < -0.3 is 15.2 Å². The maximum atomic E-state index is 12.5. The Labute approximate surface area is 149 Å². The highest BCUT2D eigenvalue weighted by molar-refractivity contribution is 5.86. The Morgan fingerprint density at radius 3 is 2.62 bits per heavy atom. The second-order valence-electron chi connectivity index (χ2n) is 6.96. The van der Waals surface area contributed by atoms with Crippen molar-refractivity contribution in [3.8, 4) is 0 Å².